The van der Waals surface area contributed by atoms with E-state index in [1.165, 1.54) is 7.11 Å². The van der Waals surface area contributed by atoms with Gasteiger partial charge in [-0.05, 0) is 58.9 Å². The summed E-state index contributed by atoms with van der Waals surface area (Å²) in [5.74, 6) is -0.981. The van der Waals surface area contributed by atoms with Crippen LogP contribution in [0.1, 0.15) is 64.7 Å². The van der Waals surface area contributed by atoms with Crippen LogP contribution >= 0.6 is 7.82 Å². The molecule has 65 heavy (non-hydrogen) atoms. The van der Waals surface area contributed by atoms with E-state index in [-0.39, 0.29) is 25.3 Å². The number of pyridine rings is 1. The molecule has 0 saturated carbocycles. The molecule has 3 aromatic carbocycles. The highest BCUT2D eigenvalue weighted by atomic mass is 31.2. The highest BCUT2D eigenvalue weighted by molar-refractivity contribution is 7.46. The minimum absolute atomic E-state index is 0.0151. The van der Waals surface area contributed by atoms with Crippen molar-refractivity contribution in [1.29, 1.82) is 0 Å². The molecule has 1 aromatic heterocycles. The Labute approximate surface area is 381 Å². The number of hydrogen-bond donors (Lipinski definition) is 5. The third-order valence-electron chi connectivity index (χ3n) is 11.1. The van der Waals surface area contributed by atoms with Crippen LogP contribution in [0.3, 0.4) is 0 Å². The Morgan fingerprint density at radius 2 is 1.37 bits per heavy atom. The van der Waals surface area contributed by atoms with Crippen LogP contribution in [0.15, 0.2) is 109 Å². The minimum atomic E-state index is -5.02. The lowest BCUT2D eigenvalue weighted by Crippen LogP contribution is -2.59. The molecule has 0 bridgehead atoms. The standard InChI is InChI=1S/C48H63N6O10P/c1-47(2,3)41(52-45(57)62-7)43(55)50-37(28-34-21-23-36(24-22-34)38-20-14-15-25-49-38)30-40(63-32-64-65(59,60)61)39(29-33-16-10-8-11-17-33)51-44(56)42(48(4,5)6)54-27-26-53(46(54)58)31-35-18-12-9-13-19-35/h8-25,37,39-42H,26-32H2,1-7H3,(H,50,55)(H,51,56)(H,52,57)(H2,59,60,61)/t37-,39?,40-,41+,42+/m0/s1. The first-order valence-electron chi connectivity index (χ1n) is 21.6. The van der Waals surface area contributed by atoms with Gasteiger partial charge in [0.15, 0.2) is 6.79 Å². The van der Waals surface area contributed by atoms with Gasteiger partial charge in [-0.1, -0.05) is 133 Å². The molecule has 5 rings (SSSR count). The normalized spacial score (nSPS) is 15.7. The van der Waals surface area contributed by atoms with Crippen LogP contribution in [0.4, 0.5) is 9.59 Å². The van der Waals surface area contributed by atoms with Gasteiger partial charge in [0.1, 0.15) is 12.1 Å². The fourth-order valence-electron chi connectivity index (χ4n) is 7.97. The smallest absolute Gasteiger partial charge is 0.453 e. The van der Waals surface area contributed by atoms with Crippen LogP contribution in [0.5, 0.6) is 0 Å². The van der Waals surface area contributed by atoms with Crippen molar-refractivity contribution in [3.05, 3.63) is 126 Å². The predicted octanol–water partition coefficient (Wildman–Crippen LogP) is 6.47. The molecular weight excluding hydrogens is 852 g/mol. The molecular formula is C48H63N6O10P. The minimum Gasteiger partial charge on any atom is -0.453 e. The van der Waals surface area contributed by atoms with Crippen molar-refractivity contribution < 1.29 is 47.5 Å². The van der Waals surface area contributed by atoms with Crippen molar-refractivity contribution in [3.8, 4) is 11.3 Å². The largest absolute Gasteiger partial charge is 0.471 e. The van der Waals surface area contributed by atoms with E-state index in [0.29, 0.717) is 19.6 Å². The number of nitrogens with one attached hydrogen (secondary N) is 3. The van der Waals surface area contributed by atoms with Gasteiger partial charge in [0.2, 0.25) is 11.8 Å². The van der Waals surface area contributed by atoms with Gasteiger partial charge in [0.25, 0.3) is 0 Å². The van der Waals surface area contributed by atoms with Crippen molar-refractivity contribution in [1.82, 2.24) is 30.7 Å². The van der Waals surface area contributed by atoms with Crippen molar-refractivity contribution >= 4 is 31.8 Å². The van der Waals surface area contributed by atoms with Crippen LogP contribution in [-0.2, 0) is 47.5 Å². The molecule has 4 aromatic rings. The zero-order valence-electron chi connectivity index (χ0n) is 38.2. The van der Waals surface area contributed by atoms with E-state index < -0.39 is 73.6 Å². The highest BCUT2D eigenvalue weighted by Gasteiger charge is 2.45. The number of alkyl carbamates (subject to hydrolysis) is 1. The summed E-state index contributed by atoms with van der Waals surface area (Å²) in [6, 6.07) is 28.3. The summed E-state index contributed by atoms with van der Waals surface area (Å²) in [5, 5.41) is 8.95. The molecule has 1 saturated heterocycles. The number of hydrogen-bond acceptors (Lipinski definition) is 9. The van der Waals surface area contributed by atoms with Crippen LogP contribution < -0.4 is 16.0 Å². The summed E-state index contributed by atoms with van der Waals surface area (Å²) >= 11 is 0. The summed E-state index contributed by atoms with van der Waals surface area (Å²) in [5.41, 5.74) is 2.72. The lowest BCUT2D eigenvalue weighted by atomic mass is 9.84. The fourth-order valence-corrected chi connectivity index (χ4v) is 8.17. The average molecular weight is 915 g/mol. The van der Waals surface area contributed by atoms with E-state index in [9.17, 15) is 33.5 Å². The average Bonchev–Trinajstić information content (AvgIpc) is 3.59. The Bertz CT molecular complexity index is 2220. The Kier molecular flexibility index (Phi) is 17.4. The monoisotopic (exact) mass is 914 g/mol. The molecule has 1 aliphatic heterocycles. The van der Waals surface area contributed by atoms with Crippen LogP contribution in [0.25, 0.3) is 11.3 Å². The maximum Gasteiger partial charge on any atom is 0.471 e. The molecule has 5 atom stereocenters. The number of phosphoric ester groups is 1. The van der Waals surface area contributed by atoms with Gasteiger partial charge in [0, 0.05) is 37.4 Å². The lowest BCUT2D eigenvalue weighted by Gasteiger charge is -2.39. The second-order valence-corrected chi connectivity index (χ2v) is 19.6. The van der Waals surface area contributed by atoms with Crippen LogP contribution in [0.2, 0.25) is 0 Å². The molecule has 16 nitrogen and oxygen atoms in total. The number of carbonyl (C=O) groups excluding carboxylic acids is 4. The van der Waals surface area contributed by atoms with E-state index in [1.807, 2.05) is 124 Å². The first-order valence-corrected chi connectivity index (χ1v) is 23.2. The van der Waals surface area contributed by atoms with Crippen molar-refractivity contribution in [3.63, 3.8) is 0 Å². The summed E-state index contributed by atoms with van der Waals surface area (Å²) in [6.45, 7) is 11.3. The lowest BCUT2D eigenvalue weighted by molar-refractivity contribution is -0.133. The van der Waals surface area contributed by atoms with Gasteiger partial charge >= 0.3 is 19.9 Å². The van der Waals surface area contributed by atoms with Gasteiger partial charge < -0.3 is 45.0 Å². The quantitative estimate of drug-likeness (QED) is 0.0480. The molecule has 0 spiro atoms. The van der Waals surface area contributed by atoms with E-state index in [2.05, 4.69) is 20.9 Å². The number of rotatable bonds is 20. The van der Waals surface area contributed by atoms with E-state index in [1.54, 1.807) is 36.8 Å². The topological polar surface area (TPSA) is 209 Å². The van der Waals surface area contributed by atoms with Crippen LogP contribution in [-0.4, -0.2) is 106 Å². The van der Waals surface area contributed by atoms with Gasteiger partial charge in [-0.25, -0.2) is 14.2 Å². The third kappa shape index (κ3) is 15.2. The molecule has 1 unspecified atom stereocenters. The van der Waals surface area contributed by atoms with E-state index in [4.69, 9.17) is 14.0 Å². The molecule has 5 N–H and O–H groups in total. The van der Waals surface area contributed by atoms with Crippen molar-refractivity contribution in [2.75, 3.05) is 27.0 Å². The predicted molar refractivity (Wildman–Crippen MR) is 246 cm³/mol. The molecule has 5 amide bonds. The first kappa shape index (κ1) is 50.4. The summed E-state index contributed by atoms with van der Waals surface area (Å²) in [7, 11) is -3.81. The molecule has 1 fully saturated rings. The first-order chi connectivity index (χ1) is 30.7. The number of methoxy groups -OCH3 is 1. The number of amides is 5. The number of urea groups is 1. The molecule has 17 heteroatoms. The number of benzene rings is 3. The highest BCUT2D eigenvalue weighted by Crippen LogP contribution is 2.36. The van der Waals surface area contributed by atoms with Gasteiger partial charge in [-0.2, -0.15) is 0 Å². The van der Waals surface area contributed by atoms with Crippen LogP contribution in [0, 0.1) is 10.8 Å². The third-order valence-corrected chi connectivity index (χ3v) is 11.6. The van der Waals surface area contributed by atoms with E-state index >= 15 is 0 Å². The summed E-state index contributed by atoms with van der Waals surface area (Å²) in [4.78, 5) is 82.9. The Hall–Kier alpha value is -5.64. The molecule has 2 heterocycles. The van der Waals surface area contributed by atoms with E-state index in [0.717, 1.165) is 27.9 Å². The summed E-state index contributed by atoms with van der Waals surface area (Å²) < 4.78 is 27.9. The molecule has 0 aliphatic carbocycles. The maximum atomic E-state index is 14.9. The fraction of sp³-hybridized carbons (Fsp3) is 0.438. The second-order valence-electron chi connectivity index (χ2n) is 18.4. The summed E-state index contributed by atoms with van der Waals surface area (Å²) in [6.07, 6.45) is 0.256. The number of phosphoric acid groups is 1. The Morgan fingerprint density at radius 3 is 1.94 bits per heavy atom. The van der Waals surface area contributed by atoms with Crippen molar-refractivity contribution in [2.24, 2.45) is 10.8 Å². The maximum absolute atomic E-state index is 14.9. The SMILES string of the molecule is COC(=O)N[C@H](C(=O)N[C@@H](Cc1ccc(-c2ccccn2)cc1)C[C@H](OCOP(=O)(O)O)C(Cc1ccccc1)NC(=O)[C@@H](N1CCN(Cc2ccccc2)C1=O)C(C)(C)C)C(C)(C)C. The van der Waals surface area contributed by atoms with Gasteiger partial charge in [-0.15, -0.1) is 0 Å². The number of ether oxygens (including phenoxy) is 2. The zero-order valence-corrected chi connectivity index (χ0v) is 39.1. The number of nitrogens with zero attached hydrogens (tertiary/aromatic N) is 3. The molecule has 0 radical (unpaired) electrons. The van der Waals surface area contributed by atoms with Gasteiger partial charge in [-0.3, -0.25) is 19.1 Å². The zero-order chi connectivity index (χ0) is 47.4. The van der Waals surface area contributed by atoms with Crippen molar-refractivity contribution in [2.45, 2.75) is 97.6 Å². The molecule has 350 valence electrons. The number of aromatic nitrogens is 1. The second kappa shape index (κ2) is 22.5. The molecule has 1 aliphatic rings. The Morgan fingerprint density at radius 1 is 0.754 bits per heavy atom. The Balaban J connectivity index is 1.52. The van der Waals surface area contributed by atoms with Gasteiger partial charge in [0.05, 0.1) is 24.9 Å². The number of carbonyl (C=O) groups is 4.